The molecule has 94 valence electrons. The van der Waals surface area contributed by atoms with Crippen LogP contribution in [0.5, 0.6) is 0 Å². The minimum Gasteiger partial charge on any atom is -0.447 e. The second kappa shape index (κ2) is 4.87. The quantitative estimate of drug-likeness (QED) is 0.843. The number of aromatic nitrogens is 1. The van der Waals surface area contributed by atoms with E-state index >= 15 is 0 Å². The van der Waals surface area contributed by atoms with Crippen molar-refractivity contribution in [1.82, 2.24) is 10.3 Å². The summed E-state index contributed by atoms with van der Waals surface area (Å²) in [6, 6.07) is -0.130. The van der Waals surface area contributed by atoms with E-state index in [1.807, 2.05) is 7.05 Å². The van der Waals surface area contributed by atoms with Gasteiger partial charge < -0.3 is 9.73 Å². The van der Waals surface area contributed by atoms with Gasteiger partial charge in [0.1, 0.15) is 6.26 Å². The summed E-state index contributed by atoms with van der Waals surface area (Å²) in [7, 11) is 1.83. The van der Waals surface area contributed by atoms with Gasteiger partial charge in [-0.2, -0.15) is 4.98 Å². The average Bonchev–Trinajstić information content (AvgIpc) is 2.65. The van der Waals surface area contributed by atoms with Crippen molar-refractivity contribution in [3.05, 3.63) is 12.2 Å². The minimum absolute atomic E-state index is 0.0887. The van der Waals surface area contributed by atoms with Crippen molar-refractivity contribution in [1.29, 1.82) is 0 Å². The zero-order valence-electron chi connectivity index (χ0n) is 10.6. The van der Waals surface area contributed by atoms with Gasteiger partial charge in [0, 0.05) is 13.5 Å². The van der Waals surface area contributed by atoms with E-state index in [2.05, 4.69) is 17.2 Å². The monoisotopic (exact) mass is 237 g/mol. The van der Waals surface area contributed by atoms with Gasteiger partial charge in [0.25, 0.3) is 0 Å². The van der Waals surface area contributed by atoms with Crippen LogP contribution < -0.4 is 10.2 Å². The van der Waals surface area contributed by atoms with E-state index in [1.165, 1.54) is 0 Å². The third-order valence-corrected chi connectivity index (χ3v) is 3.34. The number of hydrogen-bond donors (Lipinski definition) is 1. The summed E-state index contributed by atoms with van der Waals surface area (Å²) >= 11 is 0. The smallest absolute Gasteiger partial charge is 0.245 e. The van der Waals surface area contributed by atoms with Crippen molar-refractivity contribution in [2.75, 3.05) is 18.5 Å². The number of likely N-dealkylation sites (N-methyl/N-ethyl adjacent to an activating group) is 1. The van der Waals surface area contributed by atoms with E-state index in [-0.39, 0.29) is 11.9 Å². The van der Waals surface area contributed by atoms with Crippen LogP contribution in [0.4, 0.5) is 5.82 Å². The predicted octanol–water partition coefficient (Wildman–Crippen LogP) is 1.33. The molecule has 1 fully saturated rings. The lowest BCUT2D eigenvalue weighted by Crippen LogP contribution is -2.47. The molecular weight excluding hydrogens is 218 g/mol. The van der Waals surface area contributed by atoms with Crippen molar-refractivity contribution >= 4 is 11.7 Å². The van der Waals surface area contributed by atoms with Gasteiger partial charge in [-0.3, -0.25) is 9.69 Å². The number of carbonyl (C=O) groups excluding carboxylic acids is 1. The molecule has 5 nitrogen and oxygen atoms in total. The fraction of sp³-hybridized carbons (Fsp3) is 0.667. The molecule has 1 aliphatic rings. The zero-order valence-corrected chi connectivity index (χ0v) is 10.6. The zero-order chi connectivity index (χ0) is 12.4. The molecule has 0 aliphatic carbocycles. The van der Waals surface area contributed by atoms with Gasteiger partial charge >= 0.3 is 0 Å². The lowest BCUT2D eigenvalue weighted by Gasteiger charge is -2.24. The molecule has 1 saturated heterocycles. The summed E-state index contributed by atoms with van der Waals surface area (Å²) in [4.78, 5) is 18.3. The Kier molecular flexibility index (Phi) is 3.47. The molecule has 0 spiro atoms. The highest BCUT2D eigenvalue weighted by Gasteiger charge is 2.32. The van der Waals surface area contributed by atoms with E-state index in [1.54, 1.807) is 18.1 Å². The summed E-state index contributed by atoms with van der Waals surface area (Å²) in [5.74, 6) is 1.66. The third kappa shape index (κ3) is 2.34. The van der Waals surface area contributed by atoms with Gasteiger partial charge in [-0.05, 0) is 25.8 Å². The first kappa shape index (κ1) is 12.1. The first-order valence-corrected chi connectivity index (χ1v) is 6.04. The summed E-state index contributed by atoms with van der Waals surface area (Å²) < 4.78 is 5.18. The molecule has 2 unspecified atom stereocenters. The number of aryl methyl sites for hydroxylation is 1. The van der Waals surface area contributed by atoms with Crippen LogP contribution in [0.2, 0.25) is 0 Å². The molecule has 1 amide bonds. The number of anilines is 1. The Morgan fingerprint density at radius 1 is 1.59 bits per heavy atom. The fourth-order valence-electron chi connectivity index (χ4n) is 2.37. The van der Waals surface area contributed by atoms with Crippen LogP contribution in [0.25, 0.3) is 0 Å². The average molecular weight is 237 g/mol. The van der Waals surface area contributed by atoms with E-state index in [4.69, 9.17) is 4.42 Å². The van der Waals surface area contributed by atoms with Gasteiger partial charge in [0.2, 0.25) is 5.91 Å². The summed E-state index contributed by atoms with van der Waals surface area (Å²) in [6.07, 6.45) is 3.59. The van der Waals surface area contributed by atoms with Gasteiger partial charge in [0.15, 0.2) is 11.7 Å². The summed E-state index contributed by atoms with van der Waals surface area (Å²) in [5, 5.41) is 3.10. The molecule has 1 aromatic rings. The number of amides is 1. The van der Waals surface area contributed by atoms with E-state index in [0.717, 1.165) is 12.8 Å². The van der Waals surface area contributed by atoms with Crippen LogP contribution in [0.15, 0.2) is 10.7 Å². The number of carbonyl (C=O) groups is 1. The van der Waals surface area contributed by atoms with Crippen LogP contribution >= 0.6 is 0 Å². The SMILES string of the molecule is CNC1C(=O)N(c2coc(C)n2)CCCC1C. The molecule has 17 heavy (non-hydrogen) atoms. The summed E-state index contributed by atoms with van der Waals surface area (Å²) in [6.45, 7) is 4.61. The molecular formula is C12H19N3O2. The highest BCUT2D eigenvalue weighted by Crippen LogP contribution is 2.23. The molecule has 5 heteroatoms. The standard InChI is InChI=1S/C12H19N3O2/c1-8-5-4-6-15(12(16)11(8)13-3)10-7-17-9(2)14-10/h7-8,11,13H,4-6H2,1-3H3. The van der Waals surface area contributed by atoms with Gasteiger partial charge in [-0.1, -0.05) is 6.92 Å². The molecule has 1 aliphatic heterocycles. The number of hydrogen-bond acceptors (Lipinski definition) is 4. The number of nitrogens with one attached hydrogen (secondary N) is 1. The van der Waals surface area contributed by atoms with Crippen LogP contribution in [-0.2, 0) is 4.79 Å². The number of rotatable bonds is 2. The molecule has 2 heterocycles. The predicted molar refractivity (Wildman–Crippen MR) is 64.8 cm³/mol. The minimum atomic E-state index is -0.130. The Bertz CT molecular complexity index is 402. The Morgan fingerprint density at radius 2 is 2.35 bits per heavy atom. The first-order valence-electron chi connectivity index (χ1n) is 6.04. The van der Waals surface area contributed by atoms with Crippen molar-refractivity contribution in [3.8, 4) is 0 Å². The van der Waals surface area contributed by atoms with Gasteiger partial charge in [0.05, 0.1) is 6.04 Å². The second-order valence-electron chi connectivity index (χ2n) is 4.60. The lowest BCUT2D eigenvalue weighted by molar-refractivity contribution is -0.121. The van der Waals surface area contributed by atoms with Gasteiger partial charge in [-0.25, -0.2) is 0 Å². The first-order chi connectivity index (χ1) is 8.13. The highest BCUT2D eigenvalue weighted by molar-refractivity contribution is 5.96. The molecule has 0 bridgehead atoms. The third-order valence-electron chi connectivity index (χ3n) is 3.34. The molecule has 1 aromatic heterocycles. The Balaban J connectivity index is 2.25. The second-order valence-corrected chi connectivity index (χ2v) is 4.60. The molecule has 0 aromatic carbocycles. The van der Waals surface area contributed by atoms with Crippen molar-refractivity contribution in [3.63, 3.8) is 0 Å². The maximum absolute atomic E-state index is 12.4. The normalized spacial score (nSPS) is 26.1. The molecule has 1 N–H and O–H groups in total. The van der Waals surface area contributed by atoms with Crippen molar-refractivity contribution < 1.29 is 9.21 Å². The van der Waals surface area contributed by atoms with Crippen molar-refractivity contribution in [2.24, 2.45) is 5.92 Å². The van der Waals surface area contributed by atoms with Crippen molar-refractivity contribution in [2.45, 2.75) is 32.7 Å². The van der Waals surface area contributed by atoms with Crippen LogP contribution in [0.3, 0.4) is 0 Å². The van der Waals surface area contributed by atoms with Crippen LogP contribution in [0.1, 0.15) is 25.7 Å². The highest BCUT2D eigenvalue weighted by atomic mass is 16.3. The molecule has 2 atom stereocenters. The number of oxazole rings is 1. The number of nitrogens with zero attached hydrogens (tertiary/aromatic N) is 2. The van der Waals surface area contributed by atoms with E-state index < -0.39 is 0 Å². The van der Waals surface area contributed by atoms with Crippen LogP contribution in [-0.4, -0.2) is 30.5 Å². The molecule has 0 saturated carbocycles. The summed E-state index contributed by atoms with van der Waals surface area (Å²) in [5.41, 5.74) is 0. The maximum atomic E-state index is 12.4. The maximum Gasteiger partial charge on any atom is 0.245 e. The fourth-order valence-corrected chi connectivity index (χ4v) is 2.37. The topological polar surface area (TPSA) is 58.4 Å². The van der Waals surface area contributed by atoms with Crippen LogP contribution in [0, 0.1) is 12.8 Å². The largest absolute Gasteiger partial charge is 0.447 e. The van der Waals surface area contributed by atoms with E-state index in [0.29, 0.717) is 24.2 Å². The molecule has 0 radical (unpaired) electrons. The Labute approximate surface area is 101 Å². The Morgan fingerprint density at radius 3 is 2.94 bits per heavy atom. The lowest BCUT2D eigenvalue weighted by atomic mass is 9.98. The van der Waals surface area contributed by atoms with Gasteiger partial charge in [-0.15, -0.1) is 0 Å². The van der Waals surface area contributed by atoms with E-state index in [9.17, 15) is 4.79 Å². The Hall–Kier alpha value is -1.36. The molecule has 2 rings (SSSR count).